The third-order valence-electron chi connectivity index (χ3n) is 2.60. The summed E-state index contributed by atoms with van der Waals surface area (Å²) in [6.45, 7) is 3.48. The van der Waals surface area contributed by atoms with Gasteiger partial charge in [-0.3, -0.25) is 0 Å². The standard InChI is InChI=1S/C14H17FN4/c1-2-16-14-18-9-7-13(19-14)17-8-6-11-4-3-5-12(15)10-11/h3-5,7,9-10H,2,6,8H2,1H3,(H2,16,17,18,19). The Labute approximate surface area is 112 Å². The largest absolute Gasteiger partial charge is 0.370 e. The van der Waals surface area contributed by atoms with E-state index in [1.165, 1.54) is 6.07 Å². The molecule has 2 rings (SSSR count). The second-order valence-electron chi connectivity index (χ2n) is 4.10. The SMILES string of the molecule is CCNc1nccc(NCCc2cccc(F)c2)n1. The number of benzene rings is 1. The predicted molar refractivity (Wildman–Crippen MR) is 74.8 cm³/mol. The van der Waals surface area contributed by atoms with Crippen LogP contribution in [0.3, 0.4) is 0 Å². The van der Waals surface area contributed by atoms with Crippen LogP contribution < -0.4 is 10.6 Å². The van der Waals surface area contributed by atoms with Gasteiger partial charge in [-0.15, -0.1) is 0 Å². The number of halogens is 1. The topological polar surface area (TPSA) is 49.8 Å². The van der Waals surface area contributed by atoms with Crippen LogP contribution in [0.2, 0.25) is 0 Å². The molecule has 0 aliphatic carbocycles. The summed E-state index contributed by atoms with van der Waals surface area (Å²) in [6, 6.07) is 8.44. The first-order valence-electron chi connectivity index (χ1n) is 6.33. The fourth-order valence-corrected chi connectivity index (χ4v) is 1.73. The lowest BCUT2D eigenvalue weighted by Crippen LogP contribution is -2.08. The van der Waals surface area contributed by atoms with Crippen molar-refractivity contribution in [2.75, 3.05) is 23.7 Å². The van der Waals surface area contributed by atoms with Crippen LogP contribution in [0, 0.1) is 5.82 Å². The average molecular weight is 260 g/mol. The van der Waals surface area contributed by atoms with E-state index in [2.05, 4.69) is 20.6 Å². The zero-order valence-corrected chi connectivity index (χ0v) is 10.9. The zero-order valence-electron chi connectivity index (χ0n) is 10.9. The van der Waals surface area contributed by atoms with Gasteiger partial charge >= 0.3 is 0 Å². The van der Waals surface area contributed by atoms with Gasteiger partial charge in [-0.25, -0.2) is 9.37 Å². The molecule has 0 amide bonds. The molecule has 1 heterocycles. The average Bonchev–Trinajstić information content (AvgIpc) is 2.40. The van der Waals surface area contributed by atoms with Crippen LogP contribution in [0.1, 0.15) is 12.5 Å². The maximum atomic E-state index is 13.0. The number of nitrogens with zero attached hydrogens (tertiary/aromatic N) is 2. The van der Waals surface area contributed by atoms with Gasteiger partial charge in [0.25, 0.3) is 0 Å². The normalized spacial score (nSPS) is 10.2. The number of hydrogen-bond acceptors (Lipinski definition) is 4. The van der Waals surface area contributed by atoms with E-state index in [4.69, 9.17) is 0 Å². The molecule has 0 saturated heterocycles. The van der Waals surface area contributed by atoms with E-state index in [0.29, 0.717) is 12.5 Å². The molecule has 0 radical (unpaired) electrons. The lowest BCUT2D eigenvalue weighted by Gasteiger charge is -2.07. The predicted octanol–water partition coefficient (Wildman–Crippen LogP) is 2.70. The zero-order chi connectivity index (χ0) is 13.5. The van der Waals surface area contributed by atoms with Crippen molar-refractivity contribution in [3.8, 4) is 0 Å². The fourth-order valence-electron chi connectivity index (χ4n) is 1.73. The summed E-state index contributed by atoms with van der Waals surface area (Å²) in [7, 11) is 0. The molecule has 0 atom stereocenters. The molecule has 0 aliphatic rings. The Morgan fingerprint density at radius 3 is 2.89 bits per heavy atom. The second-order valence-corrected chi connectivity index (χ2v) is 4.10. The molecule has 5 heteroatoms. The third-order valence-corrected chi connectivity index (χ3v) is 2.60. The minimum absolute atomic E-state index is 0.200. The number of nitrogens with one attached hydrogen (secondary N) is 2. The van der Waals surface area contributed by atoms with Crippen LogP contribution >= 0.6 is 0 Å². The van der Waals surface area contributed by atoms with Crippen LogP contribution in [0.4, 0.5) is 16.2 Å². The lowest BCUT2D eigenvalue weighted by molar-refractivity contribution is 0.625. The van der Waals surface area contributed by atoms with Crippen LogP contribution in [-0.4, -0.2) is 23.1 Å². The maximum absolute atomic E-state index is 13.0. The smallest absolute Gasteiger partial charge is 0.224 e. The quantitative estimate of drug-likeness (QED) is 0.838. The Morgan fingerprint density at radius 2 is 2.11 bits per heavy atom. The molecule has 4 nitrogen and oxygen atoms in total. The number of anilines is 2. The highest BCUT2D eigenvalue weighted by atomic mass is 19.1. The van der Waals surface area contributed by atoms with E-state index in [9.17, 15) is 4.39 Å². The number of hydrogen-bond donors (Lipinski definition) is 2. The summed E-state index contributed by atoms with van der Waals surface area (Å²) in [4.78, 5) is 8.40. The Bertz CT molecular complexity index is 530. The Morgan fingerprint density at radius 1 is 1.21 bits per heavy atom. The Balaban J connectivity index is 1.87. The van der Waals surface area contributed by atoms with Gasteiger partial charge in [0.1, 0.15) is 11.6 Å². The first kappa shape index (κ1) is 13.3. The van der Waals surface area contributed by atoms with Crippen molar-refractivity contribution in [3.05, 3.63) is 47.9 Å². The van der Waals surface area contributed by atoms with E-state index >= 15 is 0 Å². The molecular formula is C14H17FN4. The molecule has 0 bridgehead atoms. The van der Waals surface area contributed by atoms with E-state index in [1.807, 2.05) is 19.1 Å². The van der Waals surface area contributed by atoms with Crippen LogP contribution in [0.5, 0.6) is 0 Å². The van der Waals surface area contributed by atoms with E-state index < -0.39 is 0 Å². The van der Waals surface area contributed by atoms with Crippen LogP contribution in [0.15, 0.2) is 36.5 Å². The highest BCUT2D eigenvalue weighted by Gasteiger charge is 1.99. The van der Waals surface area contributed by atoms with Gasteiger partial charge in [0.15, 0.2) is 0 Å². The molecule has 0 unspecified atom stereocenters. The van der Waals surface area contributed by atoms with E-state index in [-0.39, 0.29) is 5.82 Å². The first-order valence-corrected chi connectivity index (χ1v) is 6.33. The van der Waals surface area contributed by atoms with Crippen molar-refractivity contribution in [3.63, 3.8) is 0 Å². The minimum atomic E-state index is -0.200. The summed E-state index contributed by atoms with van der Waals surface area (Å²) in [5.74, 6) is 1.18. The maximum Gasteiger partial charge on any atom is 0.224 e. The van der Waals surface area contributed by atoms with Crippen molar-refractivity contribution < 1.29 is 4.39 Å². The van der Waals surface area contributed by atoms with Crippen molar-refractivity contribution in [2.24, 2.45) is 0 Å². The Kier molecular flexibility index (Phi) is 4.66. The van der Waals surface area contributed by atoms with Crippen molar-refractivity contribution in [1.82, 2.24) is 9.97 Å². The third kappa shape index (κ3) is 4.21. The van der Waals surface area contributed by atoms with Gasteiger partial charge < -0.3 is 10.6 Å². The summed E-state index contributed by atoms with van der Waals surface area (Å²) in [6.07, 6.45) is 2.45. The molecular weight excluding hydrogens is 243 g/mol. The van der Waals surface area contributed by atoms with Gasteiger partial charge in [0, 0.05) is 19.3 Å². The molecule has 2 aromatic rings. The fraction of sp³-hybridized carbons (Fsp3) is 0.286. The molecule has 19 heavy (non-hydrogen) atoms. The van der Waals surface area contributed by atoms with Crippen LogP contribution in [0.25, 0.3) is 0 Å². The number of aromatic nitrogens is 2. The molecule has 0 fully saturated rings. The summed E-state index contributed by atoms with van der Waals surface area (Å²) < 4.78 is 13.0. The molecule has 1 aromatic carbocycles. The second kappa shape index (κ2) is 6.68. The molecule has 1 aromatic heterocycles. The highest BCUT2D eigenvalue weighted by Crippen LogP contribution is 2.07. The van der Waals surface area contributed by atoms with Crippen LogP contribution in [-0.2, 0) is 6.42 Å². The first-order chi connectivity index (χ1) is 9.28. The molecule has 0 aliphatic heterocycles. The van der Waals surface area contributed by atoms with Crippen molar-refractivity contribution in [2.45, 2.75) is 13.3 Å². The van der Waals surface area contributed by atoms with Crippen molar-refractivity contribution in [1.29, 1.82) is 0 Å². The minimum Gasteiger partial charge on any atom is -0.370 e. The molecule has 100 valence electrons. The highest BCUT2D eigenvalue weighted by molar-refractivity contribution is 5.39. The van der Waals surface area contributed by atoms with Gasteiger partial charge in [-0.2, -0.15) is 4.98 Å². The lowest BCUT2D eigenvalue weighted by atomic mass is 10.1. The molecule has 2 N–H and O–H groups in total. The van der Waals surface area contributed by atoms with Crippen molar-refractivity contribution >= 4 is 11.8 Å². The van der Waals surface area contributed by atoms with Gasteiger partial charge in [0.05, 0.1) is 0 Å². The molecule has 0 saturated carbocycles. The van der Waals surface area contributed by atoms with Gasteiger partial charge in [0.2, 0.25) is 5.95 Å². The number of rotatable bonds is 6. The van der Waals surface area contributed by atoms with Gasteiger partial charge in [-0.05, 0) is 37.1 Å². The summed E-state index contributed by atoms with van der Waals surface area (Å²) in [5.41, 5.74) is 0.966. The summed E-state index contributed by atoms with van der Waals surface area (Å²) >= 11 is 0. The van der Waals surface area contributed by atoms with E-state index in [0.717, 1.165) is 24.3 Å². The molecule has 0 spiro atoms. The monoisotopic (exact) mass is 260 g/mol. The summed E-state index contributed by atoms with van der Waals surface area (Å²) in [5, 5.41) is 6.25. The Hall–Kier alpha value is -2.17. The van der Waals surface area contributed by atoms with Gasteiger partial charge in [-0.1, -0.05) is 12.1 Å². The van der Waals surface area contributed by atoms with E-state index in [1.54, 1.807) is 18.3 Å².